The van der Waals surface area contributed by atoms with Gasteiger partial charge >= 0.3 is 29.8 Å². The van der Waals surface area contributed by atoms with Crippen LogP contribution in [0.4, 0.5) is 0 Å². The largest absolute Gasteiger partial charge is 0.458 e. The van der Waals surface area contributed by atoms with Gasteiger partial charge in [-0.1, -0.05) is 74.5 Å². The van der Waals surface area contributed by atoms with Crippen molar-refractivity contribution in [3.63, 3.8) is 0 Å². The van der Waals surface area contributed by atoms with Crippen LogP contribution in [0, 0.1) is 0 Å². The molecule has 3 atom stereocenters. The monoisotopic (exact) mass is 998 g/mol. The zero-order valence-corrected chi connectivity index (χ0v) is 42.5. The fraction of sp³-hybridized carbons (Fsp3) is 0.411. The van der Waals surface area contributed by atoms with Gasteiger partial charge in [-0.2, -0.15) is 0 Å². The van der Waals surface area contributed by atoms with Crippen molar-refractivity contribution in [3.8, 4) is 17.1 Å². The standard InChI is InChI=1S/C56H62N4O13/c1-9-36-37-29-35(70-47(63)25-23-45(61)57-42(51(66)72-54(3,4)5)27-33-17-13-11-14-18-33)21-22-41(37)59-49-38(36)31-60-44(49)30-40-39(50(60)65)32-69-53(68)56(40,10-2)71-48(64)26-24-46(62)58-43(52(67)73-55(6,7)8)28-34-19-15-12-16-20-34/h11-22,29-30,42-43H,9-10,23-28,31-32H2,1-8H3,(H,57,61)(H,58,62)/t42-,43-,56-/m0/s1. The summed E-state index contributed by atoms with van der Waals surface area (Å²) in [5.74, 6) is -4.60. The van der Waals surface area contributed by atoms with Crippen LogP contribution in [0.5, 0.6) is 5.75 Å². The smallest absolute Gasteiger partial charge is 0.355 e. The molecule has 5 aromatic rings. The zero-order chi connectivity index (χ0) is 52.8. The highest BCUT2D eigenvalue weighted by Gasteiger charge is 2.50. The summed E-state index contributed by atoms with van der Waals surface area (Å²) in [6.07, 6.45) is -0.595. The minimum Gasteiger partial charge on any atom is -0.458 e. The first-order chi connectivity index (χ1) is 34.6. The van der Waals surface area contributed by atoms with Gasteiger partial charge in [-0.05, 0) is 95.3 Å². The van der Waals surface area contributed by atoms with Crippen LogP contribution in [0.2, 0.25) is 0 Å². The third-order valence-corrected chi connectivity index (χ3v) is 12.3. The number of benzene rings is 3. The molecule has 0 spiro atoms. The number of rotatable bonds is 18. The van der Waals surface area contributed by atoms with E-state index in [1.165, 1.54) is 4.57 Å². The molecule has 7 rings (SSSR count). The molecule has 0 saturated heterocycles. The molecule has 73 heavy (non-hydrogen) atoms. The molecule has 0 saturated carbocycles. The Hall–Kier alpha value is -7.69. The van der Waals surface area contributed by atoms with Gasteiger partial charge in [0.1, 0.15) is 35.6 Å². The van der Waals surface area contributed by atoms with Gasteiger partial charge in [-0.15, -0.1) is 0 Å². The van der Waals surface area contributed by atoms with Crippen LogP contribution in [-0.2, 0) is 90.5 Å². The average molecular weight is 999 g/mol. The molecular formula is C56H62N4O13. The predicted molar refractivity (Wildman–Crippen MR) is 268 cm³/mol. The number of hydrogen-bond donors (Lipinski definition) is 2. The Morgan fingerprint density at radius 1 is 0.712 bits per heavy atom. The van der Waals surface area contributed by atoms with Crippen molar-refractivity contribution in [2.75, 3.05) is 0 Å². The van der Waals surface area contributed by atoms with Crippen LogP contribution < -0.4 is 20.9 Å². The van der Waals surface area contributed by atoms with E-state index in [1.807, 2.05) is 67.6 Å². The molecule has 384 valence electrons. The molecule has 0 radical (unpaired) electrons. The summed E-state index contributed by atoms with van der Waals surface area (Å²) in [7, 11) is 0. The second-order valence-corrected chi connectivity index (χ2v) is 20.2. The fourth-order valence-electron chi connectivity index (χ4n) is 8.99. The number of nitrogens with zero attached hydrogens (tertiary/aromatic N) is 2. The molecule has 17 nitrogen and oxygen atoms in total. The number of aromatic nitrogens is 2. The molecule has 2 amide bonds. The summed E-state index contributed by atoms with van der Waals surface area (Å²) < 4.78 is 29.8. The Morgan fingerprint density at radius 2 is 1.26 bits per heavy atom. The van der Waals surface area contributed by atoms with E-state index in [2.05, 4.69) is 10.6 Å². The lowest BCUT2D eigenvalue weighted by Crippen LogP contribution is -2.48. The molecule has 17 heteroatoms. The first-order valence-corrected chi connectivity index (χ1v) is 24.5. The van der Waals surface area contributed by atoms with Crippen molar-refractivity contribution >= 4 is 52.6 Å². The molecule has 0 unspecified atom stereocenters. The minimum absolute atomic E-state index is 0.0945. The number of aryl methyl sites for hydroxylation is 1. The van der Waals surface area contributed by atoms with E-state index in [0.29, 0.717) is 28.7 Å². The summed E-state index contributed by atoms with van der Waals surface area (Å²) >= 11 is 0. The number of nitrogens with one attached hydrogen (secondary N) is 2. The van der Waals surface area contributed by atoms with Gasteiger partial charge in [-0.25, -0.2) is 19.4 Å². The summed E-state index contributed by atoms with van der Waals surface area (Å²) in [6, 6.07) is 22.9. The number of fused-ring (bicyclic) bond motifs is 5. The number of hydrogen-bond acceptors (Lipinski definition) is 14. The highest BCUT2D eigenvalue weighted by molar-refractivity contribution is 5.92. The zero-order valence-electron chi connectivity index (χ0n) is 42.5. The average Bonchev–Trinajstić information content (AvgIpc) is 3.70. The van der Waals surface area contributed by atoms with Gasteiger partial charge in [0.15, 0.2) is 0 Å². The quantitative estimate of drug-likeness (QED) is 0.0514. The Labute approximate surface area is 423 Å². The van der Waals surface area contributed by atoms with Gasteiger partial charge in [0.05, 0.1) is 41.9 Å². The number of amides is 2. The van der Waals surface area contributed by atoms with E-state index in [1.54, 1.807) is 72.7 Å². The third-order valence-electron chi connectivity index (χ3n) is 12.3. The summed E-state index contributed by atoms with van der Waals surface area (Å²) in [5.41, 5.74) is 0.817. The maximum Gasteiger partial charge on any atom is 0.355 e. The van der Waals surface area contributed by atoms with Crippen LogP contribution >= 0.6 is 0 Å². The first kappa shape index (κ1) is 53.1. The van der Waals surface area contributed by atoms with Gasteiger partial charge in [0.25, 0.3) is 5.56 Å². The van der Waals surface area contributed by atoms with Gasteiger partial charge in [-0.3, -0.25) is 24.0 Å². The highest BCUT2D eigenvalue weighted by atomic mass is 16.6. The number of pyridine rings is 2. The second-order valence-electron chi connectivity index (χ2n) is 20.2. The van der Waals surface area contributed by atoms with Crippen LogP contribution in [0.25, 0.3) is 22.3 Å². The number of carbonyl (C=O) groups is 7. The highest BCUT2D eigenvalue weighted by Crippen LogP contribution is 2.42. The Morgan fingerprint density at radius 3 is 1.78 bits per heavy atom. The van der Waals surface area contributed by atoms with E-state index >= 15 is 0 Å². The molecule has 0 bridgehead atoms. The lowest BCUT2D eigenvalue weighted by molar-refractivity contribution is -0.189. The maximum atomic E-state index is 14.4. The lowest BCUT2D eigenvalue weighted by Gasteiger charge is -2.35. The van der Waals surface area contributed by atoms with Gasteiger partial charge in [0, 0.05) is 42.2 Å². The molecule has 4 heterocycles. The van der Waals surface area contributed by atoms with Crippen molar-refractivity contribution in [1.29, 1.82) is 0 Å². The molecule has 2 aliphatic rings. The van der Waals surface area contributed by atoms with Crippen molar-refractivity contribution in [1.82, 2.24) is 20.2 Å². The normalized spacial score (nSPS) is 15.6. The number of esters is 5. The summed E-state index contributed by atoms with van der Waals surface area (Å²) in [4.78, 5) is 112. The molecule has 2 aliphatic heterocycles. The fourth-order valence-corrected chi connectivity index (χ4v) is 8.99. The second kappa shape index (κ2) is 22.0. The van der Waals surface area contributed by atoms with E-state index in [0.717, 1.165) is 22.3 Å². The summed E-state index contributed by atoms with van der Waals surface area (Å²) in [5, 5.41) is 6.08. The Balaban J connectivity index is 1.05. The van der Waals surface area contributed by atoms with Crippen LogP contribution in [0.3, 0.4) is 0 Å². The minimum atomic E-state index is -2.02. The molecule has 0 aliphatic carbocycles. The van der Waals surface area contributed by atoms with Crippen molar-refractivity contribution in [2.45, 2.75) is 149 Å². The third kappa shape index (κ3) is 12.7. The van der Waals surface area contributed by atoms with Crippen LogP contribution in [0.1, 0.15) is 121 Å². The number of carbonyl (C=O) groups excluding carboxylic acids is 7. The SMILES string of the molecule is CCc1c2c(nc3ccc(OC(=O)CCC(=O)N[C@@H](Cc4ccccc4)C(=O)OC(C)(C)C)cc13)-c1cc3c(c(=O)n1C2)COC(=O)[C@@]3(CC)OC(=O)CCC(=O)N[C@@H](Cc1ccccc1)C(=O)OC(C)(C)C. The number of ether oxygens (including phenoxy) is 5. The van der Waals surface area contributed by atoms with Crippen molar-refractivity contribution < 1.29 is 57.2 Å². The Kier molecular flexibility index (Phi) is 16.0. The van der Waals surface area contributed by atoms with E-state index in [9.17, 15) is 38.4 Å². The molecule has 3 aromatic carbocycles. The first-order valence-electron chi connectivity index (χ1n) is 24.5. The predicted octanol–water partition coefficient (Wildman–Crippen LogP) is 6.80. The molecule has 0 fully saturated rings. The van der Waals surface area contributed by atoms with Crippen molar-refractivity contribution in [2.24, 2.45) is 0 Å². The Bertz CT molecular complexity index is 3010. The van der Waals surface area contributed by atoms with E-state index in [4.69, 9.17) is 28.7 Å². The van der Waals surface area contributed by atoms with Gasteiger partial charge < -0.3 is 38.9 Å². The maximum absolute atomic E-state index is 14.4. The van der Waals surface area contributed by atoms with Crippen LogP contribution in [0.15, 0.2) is 89.7 Å². The molecular weight excluding hydrogens is 937 g/mol. The van der Waals surface area contributed by atoms with Gasteiger partial charge in [0.2, 0.25) is 17.4 Å². The van der Waals surface area contributed by atoms with E-state index < -0.39 is 82.5 Å². The summed E-state index contributed by atoms with van der Waals surface area (Å²) in [6.45, 7) is 13.7. The number of cyclic esters (lactones) is 1. The topological polar surface area (TPSA) is 225 Å². The van der Waals surface area contributed by atoms with Crippen molar-refractivity contribution in [3.05, 3.63) is 129 Å². The van der Waals surface area contributed by atoms with Crippen LogP contribution in [-0.4, -0.2) is 74.5 Å². The molecule has 2 aromatic heterocycles. The van der Waals surface area contributed by atoms with E-state index in [-0.39, 0.29) is 68.6 Å². The lowest BCUT2D eigenvalue weighted by atomic mass is 9.85. The molecule has 2 N–H and O–H groups in total.